The topological polar surface area (TPSA) is 59.8 Å². The van der Waals surface area contributed by atoms with Crippen LogP contribution in [0, 0.1) is 5.92 Å². The summed E-state index contributed by atoms with van der Waals surface area (Å²) in [5.41, 5.74) is 1.19. The third-order valence-corrected chi connectivity index (χ3v) is 4.53. The van der Waals surface area contributed by atoms with Gasteiger partial charge in [0.25, 0.3) is 0 Å². The van der Waals surface area contributed by atoms with Gasteiger partial charge in [-0.1, -0.05) is 23.7 Å². The summed E-state index contributed by atoms with van der Waals surface area (Å²) in [6, 6.07) is 8.09. The van der Waals surface area contributed by atoms with Crippen LogP contribution in [0.5, 0.6) is 0 Å². The van der Waals surface area contributed by atoms with E-state index >= 15 is 0 Å². The van der Waals surface area contributed by atoms with Crippen molar-refractivity contribution >= 4 is 17.5 Å². The Morgan fingerprint density at radius 2 is 2.13 bits per heavy atom. The average Bonchev–Trinajstić information content (AvgIpc) is 3.18. The van der Waals surface area contributed by atoms with Gasteiger partial charge in [0.2, 0.25) is 5.91 Å². The third-order valence-electron chi connectivity index (χ3n) is 4.28. The maximum Gasteiger partial charge on any atom is 0.223 e. The maximum atomic E-state index is 12.2. The molecule has 122 valence electrons. The molecule has 1 aromatic carbocycles. The Kier molecular flexibility index (Phi) is 4.66. The first-order valence-corrected chi connectivity index (χ1v) is 8.35. The Hall–Kier alpha value is -1.88. The Balaban J connectivity index is 1.47. The van der Waals surface area contributed by atoms with E-state index in [1.807, 2.05) is 28.8 Å². The van der Waals surface area contributed by atoms with Crippen molar-refractivity contribution in [2.24, 2.45) is 5.92 Å². The minimum atomic E-state index is 0.0825. The van der Waals surface area contributed by atoms with Crippen molar-refractivity contribution in [3.63, 3.8) is 0 Å². The summed E-state index contributed by atoms with van der Waals surface area (Å²) < 4.78 is 2.03. The van der Waals surface area contributed by atoms with Crippen LogP contribution in [0.4, 0.5) is 0 Å². The van der Waals surface area contributed by atoms with E-state index < -0.39 is 0 Å². The lowest BCUT2D eigenvalue weighted by atomic mass is 10.1. The van der Waals surface area contributed by atoms with Gasteiger partial charge in [0.1, 0.15) is 12.2 Å². The normalized spacial score (nSPS) is 19.8. The number of benzene rings is 1. The molecule has 3 rings (SSSR count). The molecule has 23 heavy (non-hydrogen) atoms. The van der Waals surface area contributed by atoms with Crippen molar-refractivity contribution in [3.05, 3.63) is 47.0 Å². The molecule has 1 aliphatic rings. The number of halogens is 1. The van der Waals surface area contributed by atoms with Gasteiger partial charge in [-0.3, -0.25) is 4.79 Å². The van der Waals surface area contributed by atoms with Crippen LogP contribution >= 0.6 is 11.6 Å². The summed E-state index contributed by atoms with van der Waals surface area (Å²) in [5, 5.41) is 11.8. The van der Waals surface area contributed by atoms with Crippen LogP contribution in [-0.2, 0) is 11.2 Å². The molecule has 1 fully saturated rings. The molecule has 1 aromatic heterocycles. The number of carbonyl (C=O) groups is 1. The Labute approximate surface area is 141 Å². The van der Waals surface area contributed by atoms with Crippen LogP contribution in [0.1, 0.15) is 43.6 Å². The van der Waals surface area contributed by atoms with Gasteiger partial charge in [0.15, 0.2) is 0 Å². The zero-order chi connectivity index (χ0) is 16.4. The molecule has 1 N–H and O–H groups in total. The van der Waals surface area contributed by atoms with E-state index in [1.165, 1.54) is 5.56 Å². The molecule has 1 heterocycles. The molecular weight excluding hydrogens is 312 g/mol. The molecular formula is C17H21ClN4O. The first kappa shape index (κ1) is 16.0. The molecule has 2 atom stereocenters. The molecule has 0 spiro atoms. The van der Waals surface area contributed by atoms with Gasteiger partial charge < -0.3 is 9.88 Å². The van der Waals surface area contributed by atoms with Gasteiger partial charge in [0.05, 0.1) is 0 Å². The van der Waals surface area contributed by atoms with Crippen LogP contribution in [0.15, 0.2) is 30.6 Å². The monoisotopic (exact) mass is 332 g/mol. The molecule has 1 aliphatic carbocycles. The minimum Gasteiger partial charge on any atom is -0.355 e. The highest BCUT2D eigenvalue weighted by molar-refractivity contribution is 6.30. The molecule has 1 amide bonds. The first-order valence-electron chi connectivity index (χ1n) is 7.98. The fraction of sp³-hybridized carbons (Fsp3) is 0.471. The highest BCUT2D eigenvalue weighted by Gasteiger charge is 2.43. The molecule has 0 radical (unpaired) electrons. The highest BCUT2D eigenvalue weighted by atomic mass is 35.5. The lowest BCUT2D eigenvalue weighted by Gasteiger charge is -2.10. The largest absolute Gasteiger partial charge is 0.355 e. The van der Waals surface area contributed by atoms with Crippen LogP contribution in [0.25, 0.3) is 0 Å². The number of rotatable bonds is 6. The zero-order valence-electron chi connectivity index (χ0n) is 13.4. The van der Waals surface area contributed by atoms with Crippen molar-refractivity contribution in [1.29, 1.82) is 0 Å². The number of nitrogens with one attached hydrogen (secondary N) is 1. The van der Waals surface area contributed by atoms with Crippen molar-refractivity contribution in [2.45, 2.75) is 38.6 Å². The Morgan fingerprint density at radius 1 is 1.39 bits per heavy atom. The van der Waals surface area contributed by atoms with Gasteiger partial charge >= 0.3 is 0 Å². The van der Waals surface area contributed by atoms with Gasteiger partial charge in [-0.05, 0) is 43.9 Å². The molecule has 6 heteroatoms. The summed E-state index contributed by atoms with van der Waals surface area (Å²) in [5.74, 6) is 1.44. The van der Waals surface area contributed by atoms with Crippen LogP contribution in [0.3, 0.4) is 0 Å². The second-order valence-corrected chi connectivity index (χ2v) is 6.73. The second kappa shape index (κ2) is 6.71. The Bertz CT molecular complexity index is 680. The lowest BCUT2D eigenvalue weighted by Crippen LogP contribution is -2.28. The van der Waals surface area contributed by atoms with E-state index in [4.69, 9.17) is 11.6 Å². The Morgan fingerprint density at radius 3 is 2.83 bits per heavy atom. The molecule has 0 bridgehead atoms. The fourth-order valence-electron chi connectivity index (χ4n) is 2.87. The average molecular weight is 333 g/mol. The summed E-state index contributed by atoms with van der Waals surface area (Å²) >= 11 is 5.90. The quantitative estimate of drug-likeness (QED) is 0.884. The van der Waals surface area contributed by atoms with E-state index in [0.29, 0.717) is 24.9 Å². The number of carbonyl (C=O) groups excluding carboxylic acids is 1. The molecule has 1 saturated carbocycles. The molecule has 2 aromatic rings. The predicted molar refractivity (Wildman–Crippen MR) is 89.4 cm³/mol. The smallest absolute Gasteiger partial charge is 0.223 e. The second-order valence-electron chi connectivity index (χ2n) is 6.29. The molecule has 0 unspecified atom stereocenters. The van der Waals surface area contributed by atoms with Crippen LogP contribution in [-0.4, -0.2) is 27.2 Å². The van der Waals surface area contributed by atoms with Crippen molar-refractivity contribution in [3.8, 4) is 0 Å². The van der Waals surface area contributed by atoms with E-state index in [0.717, 1.165) is 17.3 Å². The van der Waals surface area contributed by atoms with Gasteiger partial charge in [-0.15, -0.1) is 10.2 Å². The number of hydrogen-bond donors (Lipinski definition) is 1. The molecule has 5 nitrogen and oxygen atoms in total. The summed E-state index contributed by atoms with van der Waals surface area (Å²) in [7, 11) is 0. The number of nitrogens with zero attached hydrogens (tertiary/aromatic N) is 3. The van der Waals surface area contributed by atoms with E-state index in [1.54, 1.807) is 6.33 Å². The number of aromatic nitrogens is 3. The van der Waals surface area contributed by atoms with Gasteiger partial charge in [-0.2, -0.15) is 0 Å². The number of hydrogen-bond acceptors (Lipinski definition) is 3. The first-order chi connectivity index (χ1) is 11.1. The van der Waals surface area contributed by atoms with Gasteiger partial charge in [-0.25, -0.2) is 0 Å². The highest BCUT2D eigenvalue weighted by Crippen LogP contribution is 2.47. The van der Waals surface area contributed by atoms with Crippen molar-refractivity contribution in [2.75, 3.05) is 6.54 Å². The summed E-state index contributed by atoms with van der Waals surface area (Å²) in [4.78, 5) is 12.2. The lowest BCUT2D eigenvalue weighted by molar-refractivity contribution is -0.122. The van der Waals surface area contributed by atoms with Crippen LogP contribution < -0.4 is 5.32 Å². The molecule has 0 saturated heterocycles. The van der Waals surface area contributed by atoms with Crippen molar-refractivity contribution in [1.82, 2.24) is 20.1 Å². The predicted octanol–water partition coefficient (Wildman–Crippen LogP) is 2.97. The fourth-order valence-corrected chi connectivity index (χ4v) is 2.99. The zero-order valence-corrected chi connectivity index (χ0v) is 14.1. The van der Waals surface area contributed by atoms with Gasteiger partial charge in [0, 0.05) is 29.9 Å². The van der Waals surface area contributed by atoms with E-state index in [9.17, 15) is 4.79 Å². The summed E-state index contributed by atoms with van der Waals surface area (Å²) in [6.07, 6.45) is 3.34. The maximum absolute atomic E-state index is 12.2. The number of amides is 1. The third kappa shape index (κ3) is 3.72. The molecule has 0 aliphatic heterocycles. The minimum absolute atomic E-state index is 0.0825. The standard InChI is InChI=1S/C17H21ClN4O/c1-11(2)22-10-20-21-16(22)7-8-19-17(23)15-9-14(15)12-3-5-13(18)6-4-12/h3-6,10-11,14-15H,7-9H2,1-2H3,(H,19,23)/t14-,15-/m0/s1. The van der Waals surface area contributed by atoms with Crippen molar-refractivity contribution < 1.29 is 4.79 Å². The van der Waals surface area contributed by atoms with Crippen LogP contribution in [0.2, 0.25) is 5.02 Å². The summed E-state index contributed by atoms with van der Waals surface area (Å²) in [6.45, 7) is 4.77. The van der Waals surface area contributed by atoms with E-state index in [-0.39, 0.29) is 11.8 Å². The SMILES string of the molecule is CC(C)n1cnnc1CCNC(=O)[C@H]1C[C@H]1c1ccc(Cl)cc1. The van der Waals surface area contributed by atoms with E-state index in [2.05, 4.69) is 29.4 Å².